The van der Waals surface area contributed by atoms with Crippen LogP contribution in [0.5, 0.6) is 0 Å². The highest BCUT2D eigenvalue weighted by Gasteiger charge is 2.37. The number of nitrogens with zero attached hydrogens (tertiary/aromatic N) is 1. The van der Waals surface area contributed by atoms with Crippen LogP contribution >= 0.6 is 0 Å². The first-order valence-corrected chi connectivity index (χ1v) is 8.82. The Morgan fingerprint density at radius 2 is 1.86 bits per heavy atom. The number of piperazine rings is 1. The Kier molecular flexibility index (Phi) is 6.06. The van der Waals surface area contributed by atoms with E-state index in [9.17, 15) is 4.79 Å². The van der Waals surface area contributed by atoms with Gasteiger partial charge in [-0.2, -0.15) is 0 Å². The van der Waals surface area contributed by atoms with Crippen molar-refractivity contribution in [3.8, 4) is 0 Å². The Balaban J connectivity index is 1.93. The van der Waals surface area contributed by atoms with Crippen LogP contribution < -0.4 is 10.6 Å². The Hall–Kier alpha value is -0.610. The molecule has 21 heavy (non-hydrogen) atoms. The number of rotatable bonds is 5. The molecule has 2 aliphatic rings. The molecule has 2 fully saturated rings. The maximum absolute atomic E-state index is 12.8. The molecule has 0 spiro atoms. The first-order chi connectivity index (χ1) is 10.1. The van der Waals surface area contributed by atoms with Gasteiger partial charge in [0, 0.05) is 32.2 Å². The molecule has 2 N–H and O–H groups in total. The summed E-state index contributed by atoms with van der Waals surface area (Å²) in [6.07, 6.45) is 7.65. The molecule has 1 amide bonds. The Morgan fingerprint density at radius 1 is 1.24 bits per heavy atom. The highest BCUT2D eigenvalue weighted by atomic mass is 16.2. The largest absolute Gasteiger partial charge is 0.352 e. The molecular weight excluding hydrogens is 262 g/mol. The first-order valence-electron chi connectivity index (χ1n) is 8.82. The van der Waals surface area contributed by atoms with Crippen LogP contribution in [-0.2, 0) is 4.79 Å². The lowest BCUT2D eigenvalue weighted by Gasteiger charge is -2.41. The van der Waals surface area contributed by atoms with E-state index in [1.54, 1.807) is 0 Å². The van der Waals surface area contributed by atoms with E-state index in [4.69, 9.17) is 0 Å². The van der Waals surface area contributed by atoms with E-state index in [0.717, 1.165) is 32.6 Å². The van der Waals surface area contributed by atoms with Crippen molar-refractivity contribution in [3.63, 3.8) is 0 Å². The van der Waals surface area contributed by atoms with Crippen LogP contribution in [0.3, 0.4) is 0 Å². The minimum atomic E-state index is -0.399. The lowest BCUT2D eigenvalue weighted by atomic mass is 9.82. The highest BCUT2D eigenvalue weighted by Crippen LogP contribution is 2.28. The van der Waals surface area contributed by atoms with Crippen molar-refractivity contribution in [1.29, 1.82) is 0 Å². The van der Waals surface area contributed by atoms with Crippen molar-refractivity contribution >= 4 is 5.91 Å². The number of carbonyl (C=O) groups excluding carboxylic acids is 1. The molecular formula is C17H33N3O. The van der Waals surface area contributed by atoms with Crippen LogP contribution in [0, 0.1) is 5.92 Å². The van der Waals surface area contributed by atoms with Gasteiger partial charge in [0.05, 0.1) is 5.54 Å². The van der Waals surface area contributed by atoms with Crippen molar-refractivity contribution in [2.75, 3.05) is 26.2 Å². The molecule has 4 heteroatoms. The fourth-order valence-electron chi connectivity index (χ4n) is 3.80. The third-order valence-corrected chi connectivity index (χ3v) is 5.44. The quantitative estimate of drug-likeness (QED) is 0.817. The van der Waals surface area contributed by atoms with E-state index in [1.807, 2.05) is 0 Å². The SMILES string of the molecule is CCC(NC(=O)C(C)(C)N1CCNCC1)C1CCCCC1. The molecule has 0 radical (unpaired) electrons. The van der Waals surface area contributed by atoms with E-state index in [-0.39, 0.29) is 5.91 Å². The van der Waals surface area contributed by atoms with E-state index in [0.29, 0.717) is 12.0 Å². The van der Waals surface area contributed by atoms with Crippen molar-refractivity contribution < 1.29 is 4.79 Å². The maximum Gasteiger partial charge on any atom is 0.240 e. The number of nitrogens with one attached hydrogen (secondary N) is 2. The first kappa shape index (κ1) is 16.8. The molecule has 1 saturated carbocycles. The number of carbonyl (C=O) groups is 1. The van der Waals surface area contributed by atoms with Crippen molar-refractivity contribution in [2.24, 2.45) is 5.92 Å². The molecule has 4 nitrogen and oxygen atoms in total. The Labute approximate surface area is 130 Å². The van der Waals surface area contributed by atoms with E-state index >= 15 is 0 Å². The number of amides is 1. The van der Waals surface area contributed by atoms with E-state index in [2.05, 4.69) is 36.3 Å². The summed E-state index contributed by atoms with van der Waals surface area (Å²) in [7, 11) is 0. The minimum absolute atomic E-state index is 0.210. The van der Waals surface area contributed by atoms with Gasteiger partial charge < -0.3 is 10.6 Å². The Morgan fingerprint density at radius 3 is 2.43 bits per heavy atom. The third-order valence-electron chi connectivity index (χ3n) is 5.44. The lowest BCUT2D eigenvalue weighted by molar-refractivity contribution is -0.133. The predicted molar refractivity (Wildman–Crippen MR) is 87.3 cm³/mol. The summed E-state index contributed by atoms with van der Waals surface area (Å²) in [6.45, 7) is 10.2. The summed E-state index contributed by atoms with van der Waals surface area (Å²) >= 11 is 0. The summed E-state index contributed by atoms with van der Waals surface area (Å²) in [5.41, 5.74) is -0.399. The molecule has 1 atom stereocenters. The van der Waals surface area contributed by atoms with Crippen molar-refractivity contribution in [2.45, 2.75) is 70.9 Å². The fraction of sp³-hybridized carbons (Fsp3) is 0.941. The second-order valence-electron chi connectivity index (χ2n) is 7.18. The van der Waals surface area contributed by atoms with Crippen LogP contribution in [0.1, 0.15) is 59.3 Å². The summed E-state index contributed by atoms with van der Waals surface area (Å²) in [5, 5.41) is 6.73. The standard InChI is InChI=1S/C17H33N3O/c1-4-15(14-8-6-5-7-9-14)19-16(21)17(2,3)20-12-10-18-11-13-20/h14-15,18H,4-13H2,1-3H3,(H,19,21). The summed E-state index contributed by atoms with van der Waals surface area (Å²) in [6, 6.07) is 0.361. The average molecular weight is 295 g/mol. The van der Waals surface area contributed by atoms with Crippen molar-refractivity contribution in [1.82, 2.24) is 15.5 Å². The van der Waals surface area contributed by atoms with Gasteiger partial charge in [-0.1, -0.05) is 26.2 Å². The predicted octanol–water partition coefficient (Wildman–Crippen LogP) is 2.15. The normalized spacial score (nSPS) is 23.8. The van der Waals surface area contributed by atoms with Gasteiger partial charge in [0.2, 0.25) is 5.91 Å². The van der Waals surface area contributed by atoms with Gasteiger partial charge in [-0.15, -0.1) is 0 Å². The molecule has 0 aromatic heterocycles. The summed E-state index contributed by atoms with van der Waals surface area (Å²) < 4.78 is 0. The van der Waals surface area contributed by atoms with Crippen LogP contribution in [0.2, 0.25) is 0 Å². The second kappa shape index (κ2) is 7.59. The highest BCUT2D eigenvalue weighted by molar-refractivity contribution is 5.85. The van der Waals surface area contributed by atoms with E-state index in [1.165, 1.54) is 32.1 Å². The van der Waals surface area contributed by atoms with Crippen LogP contribution in [0.15, 0.2) is 0 Å². The summed E-state index contributed by atoms with van der Waals surface area (Å²) in [4.78, 5) is 15.1. The molecule has 0 aromatic carbocycles. The van der Waals surface area contributed by atoms with Gasteiger partial charge in [0.15, 0.2) is 0 Å². The third kappa shape index (κ3) is 4.19. The minimum Gasteiger partial charge on any atom is -0.352 e. The topological polar surface area (TPSA) is 44.4 Å². The van der Waals surface area contributed by atoms with Crippen molar-refractivity contribution in [3.05, 3.63) is 0 Å². The smallest absolute Gasteiger partial charge is 0.240 e. The molecule has 1 aliphatic carbocycles. The lowest BCUT2D eigenvalue weighted by Crippen LogP contribution is -2.61. The molecule has 2 rings (SSSR count). The number of hydrogen-bond donors (Lipinski definition) is 2. The maximum atomic E-state index is 12.8. The summed E-state index contributed by atoms with van der Waals surface area (Å²) in [5.74, 6) is 0.897. The fourth-order valence-corrected chi connectivity index (χ4v) is 3.80. The van der Waals surface area contributed by atoms with Crippen LogP contribution in [-0.4, -0.2) is 48.6 Å². The van der Waals surface area contributed by atoms with E-state index < -0.39 is 5.54 Å². The van der Waals surface area contributed by atoms with Gasteiger partial charge >= 0.3 is 0 Å². The molecule has 122 valence electrons. The Bertz CT molecular complexity index is 331. The zero-order valence-electron chi connectivity index (χ0n) is 14.1. The van der Waals surface area contributed by atoms with Gasteiger partial charge in [0.1, 0.15) is 0 Å². The average Bonchev–Trinajstić information content (AvgIpc) is 2.54. The van der Waals surface area contributed by atoms with Gasteiger partial charge in [-0.3, -0.25) is 9.69 Å². The van der Waals surface area contributed by atoms with Gasteiger partial charge in [-0.25, -0.2) is 0 Å². The zero-order valence-corrected chi connectivity index (χ0v) is 14.1. The zero-order chi connectivity index (χ0) is 15.3. The number of hydrogen-bond acceptors (Lipinski definition) is 3. The van der Waals surface area contributed by atoms with Crippen LogP contribution in [0.25, 0.3) is 0 Å². The van der Waals surface area contributed by atoms with Gasteiger partial charge in [0.25, 0.3) is 0 Å². The molecule has 0 bridgehead atoms. The second-order valence-corrected chi connectivity index (χ2v) is 7.18. The molecule has 1 aliphatic heterocycles. The molecule has 0 aromatic rings. The van der Waals surface area contributed by atoms with Crippen LogP contribution in [0.4, 0.5) is 0 Å². The van der Waals surface area contributed by atoms with Gasteiger partial charge in [-0.05, 0) is 39.0 Å². The monoisotopic (exact) mass is 295 g/mol. The molecule has 1 saturated heterocycles. The molecule has 1 heterocycles. The molecule has 1 unspecified atom stereocenters.